The standard InChI is InChI=1S/C25H26N4O2/c1-15-11-12-21(16(2)13-15)26-25(30)18(4)31-22-14-20(19-9-7-6-8-10-19)23-17(3)28-29(5)24(23)27-22/h6-14,18H,1-5H3,(H,26,30). The topological polar surface area (TPSA) is 69.0 Å². The Hall–Kier alpha value is -3.67. The van der Waals surface area contributed by atoms with Crippen molar-refractivity contribution in [1.29, 1.82) is 0 Å². The van der Waals surface area contributed by atoms with E-state index >= 15 is 0 Å². The molecule has 0 saturated carbocycles. The first-order valence-electron chi connectivity index (χ1n) is 10.3. The van der Waals surface area contributed by atoms with Gasteiger partial charge in [-0.05, 0) is 50.5 Å². The van der Waals surface area contributed by atoms with E-state index in [0.29, 0.717) is 5.88 Å². The first kappa shape index (κ1) is 20.6. The van der Waals surface area contributed by atoms with Crippen molar-refractivity contribution in [3.8, 4) is 17.0 Å². The molecule has 1 atom stereocenters. The Morgan fingerprint density at radius 1 is 1.06 bits per heavy atom. The Morgan fingerprint density at radius 2 is 1.81 bits per heavy atom. The van der Waals surface area contributed by atoms with Gasteiger partial charge in [-0.25, -0.2) is 0 Å². The summed E-state index contributed by atoms with van der Waals surface area (Å²) in [6.07, 6.45) is -0.719. The number of benzene rings is 2. The predicted octanol–water partition coefficient (Wildman–Crippen LogP) is 4.97. The highest BCUT2D eigenvalue weighted by molar-refractivity contribution is 5.96. The maximum absolute atomic E-state index is 12.8. The Morgan fingerprint density at radius 3 is 2.52 bits per heavy atom. The lowest BCUT2D eigenvalue weighted by atomic mass is 10.0. The van der Waals surface area contributed by atoms with Gasteiger partial charge >= 0.3 is 0 Å². The summed E-state index contributed by atoms with van der Waals surface area (Å²) in [6.45, 7) is 7.69. The zero-order valence-corrected chi connectivity index (χ0v) is 18.4. The lowest BCUT2D eigenvalue weighted by Crippen LogP contribution is -2.30. The van der Waals surface area contributed by atoms with Crippen LogP contribution in [0.1, 0.15) is 23.7 Å². The van der Waals surface area contributed by atoms with Crippen LogP contribution in [0.3, 0.4) is 0 Å². The molecule has 31 heavy (non-hydrogen) atoms. The van der Waals surface area contributed by atoms with Crippen molar-refractivity contribution in [2.45, 2.75) is 33.8 Å². The van der Waals surface area contributed by atoms with Crippen LogP contribution in [0.15, 0.2) is 54.6 Å². The minimum Gasteiger partial charge on any atom is -0.464 e. The maximum Gasteiger partial charge on any atom is 0.265 e. The number of aryl methyl sites for hydroxylation is 4. The molecule has 0 aliphatic rings. The number of ether oxygens (including phenoxy) is 1. The van der Waals surface area contributed by atoms with E-state index in [4.69, 9.17) is 4.74 Å². The number of carbonyl (C=O) groups excluding carboxylic acids is 1. The molecule has 0 aliphatic heterocycles. The smallest absolute Gasteiger partial charge is 0.265 e. The van der Waals surface area contributed by atoms with E-state index in [2.05, 4.69) is 15.4 Å². The predicted molar refractivity (Wildman–Crippen MR) is 123 cm³/mol. The van der Waals surface area contributed by atoms with Crippen LogP contribution in [0.5, 0.6) is 5.88 Å². The van der Waals surface area contributed by atoms with E-state index in [-0.39, 0.29) is 5.91 Å². The average molecular weight is 415 g/mol. The summed E-state index contributed by atoms with van der Waals surface area (Å²) in [5.41, 5.74) is 6.58. The van der Waals surface area contributed by atoms with Crippen molar-refractivity contribution in [3.63, 3.8) is 0 Å². The highest BCUT2D eigenvalue weighted by Crippen LogP contribution is 2.33. The summed E-state index contributed by atoms with van der Waals surface area (Å²) in [4.78, 5) is 17.4. The second kappa shape index (κ2) is 8.22. The summed E-state index contributed by atoms with van der Waals surface area (Å²) >= 11 is 0. The third kappa shape index (κ3) is 4.14. The summed E-state index contributed by atoms with van der Waals surface area (Å²) < 4.78 is 7.72. The molecule has 4 aromatic rings. The van der Waals surface area contributed by atoms with E-state index in [1.54, 1.807) is 11.6 Å². The molecular weight excluding hydrogens is 388 g/mol. The van der Waals surface area contributed by atoms with Crippen molar-refractivity contribution in [1.82, 2.24) is 14.8 Å². The molecular formula is C25H26N4O2. The third-order valence-corrected chi connectivity index (χ3v) is 5.34. The normalized spacial score (nSPS) is 12.0. The minimum atomic E-state index is -0.719. The Labute approximate surface area is 181 Å². The molecule has 0 bridgehead atoms. The van der Waals surface area contributed by atoms with Crippen molar-refractivity contribution < 1.29 is 9.53 Å². The monoisotopic (exact) mass is 414 g/mol. The molecule has 2 aromatic heterocycles. The fraction of sp³-hybridized carbons (Fsp3) is 0.240. The second-order valence-electron chi connectivity index (χ2n) is 7.85. The molecule has 1 amide bonds. The van der Waals surface area contributed by atoms with Gasteiger partial charge in [0.25, 0.3) is 5.91 Å². The quantitative estimate of drug-likeness (QED) is 0.501. The lowest BCUT2D eigenvalue weighted by Gasteiger charge is -2.16. The molecule has 1 N–H and O–H groups in total. The summed E-state index contributed by atoms with van der Waals surface area (Å²) in [6, 6.07) is 17.9. The summed E-state index contributed by atoms with van der Waals surface area (Å²) in [5.74, 6) is 0.161. The van der Waals surface area contributed by atoms with Crippen LogP contribution < -0.4 is 10.1 Å². The molecule has 1 unspecified atom stereocenters. The Kier molecular flexibility index (Phi) is 5.46. The first-order chi connectivity index (χ1) is 14.8. The summed E-state index contributed by atoms with van der Waals surface area (Å²) in [5, 5.41) is 8.45. The zero-order chi connectivity index (χ0) is 22.1. The number of pyridine rings is 1. The van der Waals surface area contributed by atoms with Gasteiger partial charge in [0.05, 0.1) is 11.1 Å². The van der Waals surface area contributed by atoms with Crippen LogP contribution in [0.25, 0.3) is 22.2 Å². The molecule has 2 heterocycles. The van der Waals surface area contributed by atoms with Gasteiger partial charge < -0.3 is 10.1 Å². The summed E-state index contributed by atoms with van der Waals surface area (Å²) in [7, 11) is 1.86. The minimum absolute atomic E-state index is 0.226. The largest absolute Gasteiger partial charge is 0.464 e. The van der Waals surface area contributed by atoms with E-state index in [0.717, 1.165) is 44.7 Å². The van der Waals surface area contributed by atoms with Gasteiger partial charge in [-0.15, -0.1) is 0 Å². The Bertz CT molecular complexity index is 1260. The molecule has 6 nitrogen and oxygen atoms in total. The Balaban J connectivity index is 1.65. The van der Waals surface area contributed by atoms with E-state index in [1.165, 1.54) is 0 Å². The molecule has 0 saturated heterocycles. The molecule has 2 aromatic carbocycles. The fourth-order valence-electron chi connectivity index (χ4n) is 3.75. The van der Waals surface area contributed by atoms with Crippen molar-refractivity contribution in [3.05, 3.63) is 71.4 Å². The van der Waals surface area contributed by atoms with Crippen LogP contribution in [0.2, 0.25) is 0 Å². The van der Waals surface area contributed by atoms with Crippen molar-refractivity contribution in [2.24, 2.45) is 7.05 Å². The van der Waals surface area contributed by atoms with Crippen molar-refractivity contribution >= 4 is 22.6 Å². The molecule has 6 heteroatoms. The van der Waals surface area contributed by atoms with Gasteiger partial charge in [0.1, 0.15) is 0 Å². The number of anilines is 1. The second-order valence-corrected chi connectivity index (χ2v) is 7.85. The van der Waals surface area contributed by atoms with Gasteiger partial charge in [-0.2, -0.15) is 10.1 Å². The third-order valence-electron chi connectivity index (χ3n) is 5.34. The van der Waals surface area contributed by atoms with Crippen molar-refractivity contribution in [2.75, 3.05) is 5.32 Å². The number of hydrogen-bond acceptors (Lipinski definition) is 4. The molecule has 158 valence electrons. The SMILES string of the molecule is Cc1ccc(NC(=O)C(C)Oc2cc(-c3ccccc3)c3c(C)nn(C)c3n2)c(C)c1. The number of fused-ring (bicyclic) bond motifs is 1. The molecule has 4 rings (SSSR count). The van der Waals surface area contributed by atoms with Gasteiger partial charge in [0.15, 0.2) is 11.8 Å². The lowest BCUT2D eigenvalue weighted by molar-refractivity contribution is -0.122. The highest BCUT2D eigenvalue weighted by Gasteiger charge is 2.20. The van der Waals surface area contributed by atoms with E-state index < -0.39 is 6.10 Å². The van der Waals surface area contributed by atoms with Gasteiger partial charge in [0, 0.05) is 18.8 Å². The van der Waals surface area contributed by atoms with Crippen LogP contribution >= 0.6 is 0 Å². The first-order valence-corrected chi connectivity index (χ1v) is 10.3. The number of nitrogens with zero attached hydrogens (tertiary/aromatic N) is 3. The highest BCUT2D eigenvalue weighted by atomic mass is 16.5. The number of carbonyl (C=O) groups is 1. The number of nitrogens with one attached hydrogen (secondary N) is 1. The number of aromatic nitrogens is 3. The van der Waals surface area contributed by atoms with Crippen LogP contribution in [0.4, 0.5) is 5.69 Å². The van der Waals surface area contributed by atoms with Gasteiger partial charge in [-0.3, -0.25) is 9.48 Å². The van der Waals surface area contributed by atoms with Crippen LogP contribution in [0, 0.1) is 20.8 Å². The van der Waals surface area contributed by atoms with Gasteiger partial charge in [-0.1, -0.05) is 48.0 Å². The fourth-order valence-corrected chi connectivity index (χ4v) is 3.75. The van der Waals surface area contributed by atoms with E-state index in [9.17, 15) is 4.79 Å². The van der Waals surface area contributed by atoms with Gasteiger partial charge in [0.2, 0.25) is 5.88 Å². The average Bonchev–Trinajstić information content (AvgIpc) is 3.03. The molecule has 0 radical (unpaired) electrons. The van der Waals surface area contributed by atoms with Crippen LogP contribution in [-0.4, -0.2) is 26.8 Å². The molecule has 0 aliphatic carbocycles. The number of amides is 1. The van der Waals surface area contributed by atoms with E-state index in [1.807, 2.05) is 82.4 Å². The molecule has 0 fully saturated rings. The number of rotatable bonds is 5. The maximum atomic E-state index is 12.8. The van der Waals surface area contributed by atoms with Crippen LogP contribution in [-0.2, 0) is 11.8 Å². The molecule has 0 spiro atoms. The number of hydrogen-bond donors (Lipinski definition) is 1. The zero-order valence-electron chi connectivity index (χ0n) is 18.4.